The van der Waals surface area contributed by atoms with Crippen LogP contribution in [0.3, 0.4) is 0 Å². The van der Waals surface area contributed by atoms with Crippen LogP contribution >= 0.6 is 38.9 Å². The Labute approximate surface area is 333 Å². The van der Waals surface area contributed by atoms with Crippen molar-refractivity contribution in [2.24, 2.45) is 0 Å². The fraction of sp³-hybridized carbons (Fsp3) is 0.182. The second kappa shape index (κ2) is 20.3. The molecule has 0 radical (unpaired) electrons. The molecule has 0 saturated heterocycles. The first-order valence-corrected chi connectivity index (χ1v) is 21.0. The molecular weight excluding hydrogens is 753 g/mol. The van der Waals surface area contributed by atoms with E-state index in [0.29, 0.717) is 12.3 Å². The van der Waals surface area contributed by atoms with Crippen LogP contribution in [0.1, 0.15) is 22.3 Å². The van der Waals surface area contributed by atoms with Crippen LogP contribution in [0.2, 0.25) is 0 Å². The normalized spacial score (nSPS) is 10.8. The molecule has 0 bridgehead atoms. The molecule has 0 aliphatic carbocycles. The monoisotopic (exact) mass is 802 g/mol. The number of nitrogens with one attached hydrogen (secondary N) is 2. The minimum absolute atomic E-state index is 0. The van der Waals surface area contributed by atoms with Crippen LogP contribution in [-0.4, -0.2) is 28.4 Å². The first-order chi connectivity index (χ1) is 25.1. The van der Waals surface area contributed by atoms with Gasteiger partial charge in [0, 0.05) is 26.4 Å². The lowest BCUT2D eigenvalue weighted by Gasteiger charge is -2.24. The van der Waals surface area contributed by atoms with Gasteiger partial charge < -0.3 is 29.3 Å². The number of ether oxygens (including phenoxy) is 4. The number of methoxy groups -OCH3 is 4. The Bertz CT molecular complexity index is 1870. The summed E-state index contributed by atoms with van der Waals surface area (Å²) in [5, 5.41) is 23.1. The zero-order valence-corrected chi connectivity index (χ0v) is 35.0. The zero-order chi connectivity index (χ0) is 37.1. The topological polar surface area (TPSA) is 84.6 Å². The minimum Gasteiger partial charge on any atom is -0.497 e. The highest BCUT2D eigenvalue weighted by Gasteiger charge is 2.25. The molecule has 6 aromatic carbocycles. The Kier molecular flexibility index (Phi) is 16.5. The Morgan fingerprint density at radius 3 is 0.741 bits per heavy atom. The van der Waals surface area contributed by atoms with Gasteiger partial charge in [-0.2, -0.15) is 0 Å². The van der Waals surface area contributed by atoms with Gasteiger partial charge in [0.15, 0.2) is 0 Å². The molecule has 54 heavy (non-hydrogen) atoms. The molecule has 0 fully saturated rings. The second-order valence-electron chi connectivity index (χ2n) is 12.7. The fourth-order valence-corrected chi connectivity index (χ4v) is 11.4. The molecule has 6 nitrogen and oxygen atoms in total. The summed E-state index contributed by atoms with van der Waals surface area (Å²) in [5.41, 5.74) is 4.84. The van der Waals surface area contributed by atoms with Crippen LogP contribution in [-0.2, 0) is 12.3 Å². The first-order valence-electron chi connectivity index (χ1n) is 17.1. The average molecular weight is 804 g/mol. The summed E-state index contributed by atoms with van der Waals surface area (Å²) in [6.45, 7) is 4.17. The number of hydrogen-bond donors (Lipinski definition) is 2. The second-order valence-corrected chi connectivity index (χ2v) is 18.6. The largest absolute Gasteiger partial charge is 0.497 e. The molecule has 0 atom stereocenters. The van der Waals surface area contributed by atoms with Gasteiger partial charge in [-0.25, -0.2) is 0 Å². The van der Waals surface area contributed by atoms with Crippen molar-refractivity contribution in [2.75, 3.05) is 28.4 Å². The van der Waals surface area contributed by atoms with Gasteiger partial charge in [-0.05, 0) is 143 Å². The van der Waals surface area contributed by atoms with Gasteiger partial charge in [0.05, 0.1) is 28.4 Å². The third-order valence-electron chi connectivity index (χ3n) is 9.13. The van der Waals surface area contributed by atoms with Gasteiger partial charge in [-0.3, -0.25) is 0 Å². The lowest BCUT2D eigenvalue weighted by molar-refractivity contribution is 0.415. The number of halogens is 2. The maximum absolute atomic E-state index is 9.48. The molecule has 2 N–H and O–H groups in total. The number of hydrogen-bond acceptors (Lipinski definition) is 6. The van der Waals surface area contributed by atoms with Crippen LogP contribution in [0.25, 0.3) is 0 Å². The standard InChI is InChI=1S/2C22H24NO2P.2ClH/c2*1-17-4-6-18(7-5-17)16-26(23,21-12-8-19(24-2)9-13-21)22-14-10-20(25-3)11-15-22;;/h2*4-15,23H,16H2,1-3H3;2*1H. The number of rotatable bonds is 12. The van der Waals surface area contributed by atoms with E-state index in [1.165, 1.54) is 22.3 Å². The maximum atomic E-state index is 9.48. The molecule has 0 aliphatic heterocycles. The van der Waals surface area contributed by atoms with Crippen LogP contribution in [0, 0.1) is 24.2 Å². The van der Waals surface area contributed by atoms with Gasteiger partial charge in [0.1, 0.15) is 23.0 Å². The quantitative estimate of drug-likeness (QED) is 0.121. The van der Waals surface area contributed by atoms with Crippen molar-refractivity contribution in [1.29, 1.82) is 10.3 Å². The van der Waals surface area contributed by atoms with E-state index in [0.717, 1.165) is 44.2 Å². The first kappa shape index (κ1) is 44.0. The highest BCUT2D eigenvalue weighted by atomic mass is 35.5. The summed E-state index contributed by atoms with van der Waals surface area (Å²) >= 11 is 0. The van der Waals surface area contributed by atoms with Crippen molar-refractivity contribution >= 4 is 60.1 Å². The van der Waals surface area contributed by atoms with E-state index in [1.54, 1.807) is 28.4 Å². The number of aryl methyl sites for hydroxylation is 2. The molecule has 0 heterocycles. The van der Waals surface area contributed by atoms with Crippen LogP contribution in [0.15, 0.2) is 146 Å². The summed E-state index contributed by atoms with van der Waals surface area (Å²) < 4.78 is 21.1. The summed E-state index contributed by atoms with van der Waals surface area (Å²) in [7, 11) is 1.98. The van der Waals surface area contributed by atoms with Crippen molar-refractivity contribution in [3.05, 3.63) is 168 Å². The number of benzene rings is 6. The van der Waals surface area contributed by atoms with Gasteiger partial charge in [-0.15, -0.1) is 24.8 Å². The molecule has 0 amide bonds. The Hall–Kier alpha value is -4.44. The maximum Gasteiger partial charge on any atom is 0.118 e. The van der Waals surface area contributed by atoms with E-state index in [-0.39, 0.29) is 24.8 Å². The molecule has 0 aromatic heterocycles. The summed E-state index contributed by atoms with van der Waals surface area (Å²) in [6.07, 6.45) is 1.40. The summed E-state index contributed by atoms with van der Waals surface area (Å²) in [6, 6.07) is 48.7. The third kappa shape index (κ3) is 10.8. The summed E-state index contributed by atoms with van der Waals surface area (Å²) in [4.78, 5) is 0. The predicted molar refractivity (Wildman–Crippen MR) is 234 cm³/mol. The van der Waals surface area contributed by atoms with E-state index in [4.69, 9.17) is 18.9 Å². The van der Waals surface area contributed by atoms with Crippen molar-refractivity contribution in [2.45, 2.75) is 26.2 Å². The van der Waals surface area contributed by atoms with E-state index in [2.05, 4.69) is 62.4 Å². The average Bonchev–Trinajstić information content (AvgIpc) is 3.20. The van der Waals surface area contributed by atoms with Crippen molar-refractivity contribution in [3.8, 4) is 23.0 Å². The molecule has 6 rings (SSSR count). The SMILES string of the molecule is COc1ccc(P(=N)(Cc2ccc(C)cc2)c2ccc(OC)cc2)cc1.COc1ccc(P(=N)(Cc2ccc(C)cc2)c2ccc(OC)cc2)cc1.Cl.Cl. The molecular formula is C44H50Cl2N2O4P2. The molecule has 10 heteroatoms. The van der Waals surface area contributed by atoms with Gasteiger partial charge in [0.25, 0.3) is 0 Å². The smallest absolute Gasteiger partial charge is 0.118 e. The minimum atomic E-state index is -2.33. The lowest BCUT2D eigenvalue weighted by atomic mass is 10.2. The molecule has 0 aliphatic rings. The molecule has 0 spiro atoms. The van der Waals surface area contributed by atoms with Crippen molar-refractivity contribution < 1.29 is 18.9 Å². The third-order valence-corrected chi connectivity index (χ3v) is 15.5. The van der Waals surface area contributed by atoms with E-state index < -0.39 is 14.1 Å². The van der Waals surface area contributed by atoms with Crippen LogP contribution in [0.5, 0.6) is 23.0 Å². The highest BCUT2D eigenvalue weighted by Crippen LogP contribution is 2.49. The molecule has 6 aromatic rings. The highest BCUT2D eigenvalue weighted by molar-refractivity contribution is 7.79. The molecule has 284 valence electrons. The predicted octanol–water partition coefficient (Wildman–Crippen LogP) is 10.7. The van der Waals surface area contributed by atoms with E-state index >= 15 is 0 Å². The van der Waals surface area contributed by atoms with Crippen LogP contribution < -0.4 is 40.2 Å². The fourth-order valence-electron chi connectivity index (χ4n) is 5.94. The van der Waals surface area contributed by atoms with Crippen molar-refractivity contribution in [3.63, 3.8) is 0 Å². The lowest BCUT2D eigenvalue weighted by Crippen LogP contribution is -2.17. The van der Waals surface area contributed by atoms with E-state index in [9.17, 15) is 10.3 Å². The van der Waals surface area contributed by atoms with Gasteiger partial charge in [0.2, 0.25) is 0 Å². The molecule has 0 unspecified atom stereocenters. The zero-order valence-electron chi connectivity index (χ0n) is 31.6. The Morgan fingerprint density at radius 1 is 0.352 bits per heavy atom. The Morgan fingerprint density at radius 2 is 0.556 bits per heavy atom. The van der Waals surface area contributed by atoms with Gasteiger partial charge in [-0.1, -0.05) is 59.7 Å². The van der Waals surface area contributed by atoms with Crippen molar-refractivity contribution in [1.82, 2.24) is 0 Å². The van der Waals surface area contributed by atoms with E-state index in [1.807, 2.05) is 97.1 Å². The van der Waals surface area contributed by atoms with Gasteiger partial charge >= 0.3 is 0 Å². The summed E-state index contributed by atoms with van der Waals surface area (Å²) in [5.74, 6) is 3.24. The van der Waals surface area contributed by atoms with Crippen LogP contribution in [0.4, 0.5) is 0 Å². The molecule has 0 saturated carbocycles. The Balaban J connectivity index is 0.000000280.